The minimum absolute atomic E-state index is 0.162. The second-order valence-electron chi connectivity index (χ2n) is 9.65. The predicted octanol–water partition coefficient (Wildman–Crippen LogP) is 7.20. The van der Waals surface area contributed by atoms with Crippen molar-refractivity contribution in [1.82, 2.24) is 24.7 Å². The third kappa shape index (κ3) is 4.33. The first kappa shape index (κ1) is 24.8. The first-order valence-corrected chi connectivity index (χ1v) is 13.3. The molecule has 0 aliphatic rings. The van der Waals surface area contributed by atoms with Gasteiger partial charge in [-0.3, -0.25) is 0 Å². The lowest BCUT2D eigenvalue weighted by Crippen LogP contribution is -2.38. The highest BCUT2D eigenvalue weighted by molar-refractivity contribution is 6.29. The van der Waals surface area contributed by atoms with Crippen molar-refractivity contribution in [2.75, 3.05) is 5.32 Å². The zero-order chi connectivity index (χ0) is 26.8. The molecule has 0 aliphatic carbocycles. The van der Waals surface area contributed by atoms with E-state index in [-0.39, 0.29) is 6.04 Å². The quantitative estimate of drug-likeness (QED) is 0.174. The number of hydrogen-bond donors (Lipinski definition) is 1. The molecule has 1 N–H and O–H groups in total. The first-order valence-electron chi connectivity index (χ1n) is 12.9. The summed E-state index contributed by atoms with van der Waals surface area (Å²) in [5.74, 6) is 0.738. The van der Waals surface area contributed by atoms with Crippen LogP contribution >= 0.6 is 11.6 Å². The molecule has 0 saturated carbocycles. The number of hydrogen-bond acceptors (Lipinski definition) is 5. The van der Waals surface area contributed by atoms with Crippen LogP contribution in [0.25, 0.3) is 22.3 Å². The third-order valence-electron chi connectivity index (χ3n) is 6.79. The van der Waals surface area contributed by atoms with Crippen molar-refractivity contribution < 1.29 is 0 Å². The lowest BCUT2D eigenvalue weighted by Gasteiger charge is -2.37. The highest BCUT2D eigenvalue weighted by Gasteiger charge is 2.41. The van der Waals surface area contributed by atoms with E-state index in [2.05, 4.69) is 107 Å². The van der Waals surface area contributed by atoms with Crippen LogP contribution in [0.3, 0.4) is 0 Å². The largest absolute Gasteiger partial charge is 0.367 e. The fourth-order valence-electron chi connectivity index (χ4n) is 5.25. The highest BCUT2D eigenvalue weighted by atomic mass is 35.5. The zero-order valence-electron chi connectivity index (χ0n) is 21.7. The molecular formula is C32H27ClN6. The van der Waals surface area contributed by atoms with Gasteiger partial charge in [-0.15, -0.1) is 0 Å². The maximum atomic E-state index is 6.34. The molecule has 6 rings (SSSR count). The smallest absolute Gasteiger partial charge is 0.138 e. The normalized spacial score (nSPS) is 11.7. The number of nitrogens with zero attached hydrogens (tertiary/aromatic N) is 5. The molecule has 3 aromatic carbocycles. The van der Waals surface area contributed by atoms with Gasteiger partial charge in [-0.1, -0.05) is 103 Å². The Kier molecular flexibility index (Phi) is 6.55. The first-order chi connectivity index (χ1) is 19.1. The maximum absolute atomic E-state index is 6.34. The van der Waals surface area contributed by atoms with Crippen molar-refractivity contribution in [3.63, 3.8) is 0 Å². The molecule has 7 heteroatoms. The Morgan fingerprint density at radius 2 is 1.31 bits per heavy atom. The van der Waals surface area contributed by atoms with Gasteiger partial charge in [-0.25, -0.2) is 19.6 Å². The Bertz CT molecular complexity index is 1620. The van der Waals surface area contributed by atoms with Gasteiger partial charge in [0.1, 0.15) is 28.5 Å². The van der Waals surface area contributed by atoms with E-state index in [1.54, 1.807) is 6.07 Å². The fraction of sp³-hybridized carbons (Fsp3) is 0.125. The second kappa shape index (κ2) is 10.3. The zero-order valence-corrected chi connectivity index (χ0v) is 22.4. The van der Waals surface area contributed by atoms with Crippen LogP contribution in [0.15, 0.2) is 116 Å². The number of rotatable bonds is 7. The molecule has 6 nitrogen and oxygen atoms in total. The van der Waals surface area contributed by atoms with Crippen LogP contribution < -0.4 is 5.32 Å². The summed E-state index contributed by atoms with van der Waals surface area (Å²) in [6.07, 6.45) is 3.29. The van der Waals surface area contributed by atoms with Crippen LogP contribution in [0, 0.1) is 0 Å². The molecule has 0 amide bonds. The molecule has 3 aromatic heterocycles. The summed E-state index contributed by atoms with van der Waals surface area (Å²) in [4.78, 5) is 13.4. The van der Waals surface area contributed by atoms with E-state index in [4.69, 9.17) is 21.7 Å². The summed E-state index contributed by atoms with van der Waals surface area (Å²) in [5.41, 5.74) is 4.65. The minimum atomic E-state index is -0.798. The third-order valence-corrected chi connectivity index (χ3v) is 6.99. The highest BCUT2D eigenvalue weighted by Crippen LogP contribution is 2.44. The van der Waals surface area contributed by atoms with Gasteiger partial charge in [0.25, 0.3) is 0 Å². The average Bonchev–Trinajstić information content (AvgIpc) is 3.36. The van der Waals surface area contributed by atoms with E-state index >= 15 is 0 Å². The number of fused-ring (bicyclic) bond motifs is 1. The van der Waals surface area contributed by atoms with Gasteiger partial charge < -0.3 is 5.32 Å². The lowest BCUT2D eigenvalue weighted by molar-refractivity contribution is 0.477. The topological polar surface area (TPSA) is 68.5 Å². The molecule has 3 heterocycles. The van der Waals surface area contributed by atoms with Gasteiger partial charge in [-0.2, -0.15) is 5.10 Å². The molecule has 0 unspecified atom stereocenters. The van der Waals surface area contributed by atoms with Crippen LogP contribution in [0.5, 0.6) is 0 Å². The molecule has 192 valence electrons. The van der Waals surface area contributed by atoms with Crippen LogP contribution in [-0.4, -0.2) is 30.8 Å². The average molecular weight is 531 g/mol. The number of benzene rings is 3. The van der Waals surface area contributed by atoms with Crippen molar-refractivity contribution in [1.29, 1.82) is 0 Å². The Balaban J connectivity index is 1.80. The van der Waals surface area contributed by atoms with E-state index in [1.165, 1.54) is 6.33 Å². The monoisotopic (exact) mass is 530 g/mol. The molecule has 0 saturated heterocycles. The number of aromatic nitrogens is 5. The van der Waals surface area contributed by atoms with Crippen molar-refractivity contribution in [3.8, 4) is 11.4 Å². The fourth-order valence-corrected chi connectivity index (χ4v) is 5.40. The molecule has 0 aliphatic heterocycles. The lowest BCUT2D eigenvalue weighted by atomic mass is 9.77. The van der Waals surface area contributed by atoms with Gasteiger partial charge >= 0.3 is 0 Å². The summed E-state index contributed by atoms with van der Waals surface area (Å²) in [7, 11) is 0. The molecule has 0 spiro atoms. The molecular weight excluding hydrogens is 504 g/mol. The van der Waals surface area contributed by atoms with E-state index in [1.807, 2.05) is 30.5 Å². The molecule has 0 atom stereocenters. The number of anilines is 1. The standard InChI is InChI=1S/C32H27ClN6/c1-22(2)37-31-29-27(18-19-34-31)39(38-30(29)26-20-28(33)36-21-35-26)32(23-12-6-3-7-13-23,24-14-8-4-9-15-24)25-16-10-5-11-17-25/h3-22H,1-2H3,(H,34,37). The van der Waals surface area contributed by atoms with Crippen molar-refractivity contribution in [2.24, 2.45) is 0 Å². The summed E-state index contributed by atoms with van der Waals surface area (Å²) < 4.78 is 2.11. The predicted molar refractivity (Wildman–Crippen MR) is 157 cm³/mol. The van der Waals surface area contributed by atoms with Crippen molar-refractivity contribution in [3.05, 3.63) is 137 Å². The SMILES string of the molecule is CC(C)Nc1nccc2c1c(-c1cc(Cl)ncn1)nn2C(c1ccccc1)(c1ccccc1)c1ccccc1. The van der Waals surface area contributed by atoms with Crippen LogP contribution in [0.4, 0.5) is 5.82 Å². The van der Waals surface area contributed by atoms with E-state index in [0.717, 1.165) is 33.4 Å². The summed E-state index contributed by atoms with van der Waals surface area (Å²) >= 11 is 6.34. The van der Waals surface area contributed by atoms with Gasteiger partial charge in [0.15, 0.2) is 0 Å². The van der Waals surface area contributed by atoms with Gasteiger partial charge in [0.05, 0.1) is 16.6 Å². The molecule has 0 radical (unpaired) electrons. The maximum Gasteiger partial charge on any atom is 0.138 e. The van der Waals surface area contributed by atoms with Crippen molar-refractivity contribution >= 4 is 28.3 Å². The summed E-state index contributed by atoms with van der Waals surface area (Å²) in [5, 5.41) is 10.1. The van der Waals surface area contributed by atoms with E-state index in [0.29, 0.717) is 16.5 Å². The van der Waals surface area contributed by atoms with E-state index in [9.17, 15) is 0 Å². The number of halogens is 1. The van der Waals surface area contributed by atoms with Crippen LogP contribution in [-0.2, 0) is 5.54 Å². The Labute approximate surface area is 232 Å². The number of pyridine rings is 1. The Hall–Kier alpha value is -4.55. The molecule has 39 heavy (non-hydrogen) atoms. The Morgan fingerprint density at radius 3 is 1.82 bits per heavy atom. The molecule has 0 fully saturated rings. The second-order valence-corrected chi connectivity index (χ2v) is 10.0. The molecule has 0 bridgehead atoms. The Morgan fingerprint density at radius 1 is 0.744 bits per heavy atom. The number of nitrogens with one attached hydrogen (secondary N) is 1. The van der Waals surface area contributed by atoms with E-state index < -0.39 is 5.54 Å². The molecule has 6 aromatic rings. The summed E-state index contributed by atoms with van der Waals surface area (Å²) in [6.45, 7) is 4.18. The van der Waals surface area contributed by atoms with Crippen LogP contribution in [0.2, 0.25) is 5.15 Å². The van der Waals surface area contributed by atoms with Gasteiger partial charge in [-0.05, 0) is 36.6 Å². The summed E-state index contributed by atoms with van der Waals surface area (Å²) in [6, 6.07) is 35.4. The van der Waals surface area contributed by atoms with Gasteiger partial charge in [0.2, 0.25) is 0 Å². The van der Waals surface area contributed by atoms with Gasteiger partial charge in [0, 0.05) is 18.3 Å². The minimum Gasteiger partial charge on any atom is -0.367 e. The van der Waals surface area contributed by atoms with Crippen molar-refractivity contribution in [2.45, 2.75) is 25.4 Å². The van der Waals surface area contributed by atoms with Crippen LogP contribution in [0.1, 0.15) is 30.5 Å².